The van der Waals surface area contributed by atoms with Crippen molar-refractivity contribution in [3.8, 4) is 0 Å². The van der Waals surface area contributed by atoms with E-state index in [2.05, 4.69) is 6.07 Å². The molecule has 0 N–H and O–H groups in total. The molecular weight excluding hydrogens is 124 g/mol. The molecule has 0 fully saturated rings. The quantitative estimate of drug-likeness (QED) is 0.467. The second kappa shape index (κ2) is 1.81. The lowest BCUT2D eigenvalue weighted by Gasteiger charge is -1.77. The van der Waals surface area contributed by atoms with Crippen molar-refractivity contribution in [2.75, 3.05) is 0 Å². The smallest absolute Gasteiger partial charge is 0.179 e. The van der Waals surface area contributed by atoms with Crippen molar-refractivity contribution in [2.24, 2.45) is 0 Å². The van der Waals surface area contributed by atoms with Gasteiger partial charge in [-0.25, -0.2) is 0 Å². The minimum Gasteiger partial charge on any atom is -0.290 e. The topological polar surface area (TPSA) is 17.1 Å². The number of carbonyl (C=O) groups is 1. The zero-order valence-corrected chi connectivity index (χ0v) is 5.29. The van der Waals surface area contributed by atoms with E-state index in [1.807, 2.05) is 18.2 Å². The van der Waals surface area contributed by atoms with E-state index >= 15 is 0 Å². The molecule has 1 aromatic carbocycles. The molecular formula is C9H5O. The van der Waals surface area contributed by atoms with Gasteiger partial charge in [0.15, 0.2) is 5.78 Å². The first-order chi connectivity index (χ1) is 4.86. The summed E-state index contributed by atoms with van der Waals surface area (Å²) in [6.45, 7) is 0. The molecule has 0 aliphatic heterocycles. The number of rotatable bonds is 0. The van der Waals surface area contributed by atoms with Gasteiger partial charge in [0.2, 0.25) is 0 Å². The summed E-state index contributed by atoms with van der Waals surface area (Å²) in [6.07, 6.45) is 3.21. The average Bonchev–Trinajstić information content (AvgIpc) is 2.27. The minimum absolute atomic E-state index is 0.0671. The van der Waals surface area contributed by atoms with Gasteiger partial charge in [-0.2, -0.15) is 0 Å². The van der Waals surface area contributed by atoms with Crippen LogP contribution < -0.4 is 10.4 Å². The number of Topliss-reactive ketones (excluding diaryl/α,β-unsaturated/α-hetero) is 1. The fraction of sp³-hybridized carbons (Fsp3) is 0. The van der Waals surface area contributed by atoms with E-state index in [0.29, 0.717) is 0 Å². The molecule has 1 aromatic rings. The molecule has 0 amide bonds. The molecule has 47 valence electrons. The van der Waals surface area contributed by atoms with Gasteiger partial charge in [0.25, 0.3) is 0 Å². The Bertz CT molecular complexity index is 350. The van der Waals surface area contributed by atoms with Crippen molar-refractivity contribution in [1.82, 2.24) is 0 Å². The van der Waals surface area contributed by atoms with Crippen LogP contribution in [0.25, 0.3) is 12.2 Å². The van der Waals surface area contributed by atoms with Crippen molar-refractivity contribution in [3.05, 3.63) is 34.7 Å². The highest BCUT2D eigenvalue weighted by molar-refractivity contribution is 6.26. The first kappa shape index (κ1) is 5.42. The van der Waals surface area contributed by atoms with Gasteiger partial charge in [0, 0.05) is 0 Å². The highest BCUT2D eigenvalue weighted by Crippen LogP contribution is 1.82. The van der Waals surface area contributed by atoms with E-state index in [-0.39, 0.29) is 5.78 Å². The summed E-state index contributed by atoms with van der Waals surface area (Å²) in [4.78, 5) is 10.8. The van der Waals surface area contributed by atoms with Gasteiger partial charge in [0.1, 0.15) is 0 Å². The van der Waals surface area contributed by atoms with E-state index in [4.69, 9.17) is 0 Å². The summed E-state index contributed by atoms with van der Waals surface area (Å²) in [7, 11) is 0. The Morgan fingerprint density at radius 3 is 3.00 bits per heavy atom. The summed E-state index contributed by atoms with van der Waals surface area (Å²) in [5.74, 6) is 0.0671. The van der Waals surface area contributed by atoms with E-state index in [9.17, 15) is 4.79 Å². The van der Waals surface area contributed by atoms with Crippen molar-refractivity contribution in [2.45, 2.75) is 0 Å². The first-order valence-corrected chi connectivity index (χ1v) is 3.10. The zero-order chi connectivity index (χ0) is 6.97. The summed E-state index contributed by atoms with van der Waals surface area (Å²) < 4.78 is 0. The van der Waals surface area contributed by atoms with Crippen molar-refractivity contribution < 1.29 is 4.79 Å². The van der Waals surface area contributed by atoms with Gasteiger partial charge in [-0.15, -0.1) is 0 Å². The van der Waals surface area contributed by atoms with Gasteiger partial charge in [-0.05, 0) is 28.7 Å². The molecule has 1 nitrogen and oxygen atoms in total. The molecule has 10 heavy (non-hydrogen) atoms. The summed E-state index contributed by atoms with van der Waals surface area (Å²) >= 11 is 0. The van der Waals surface area contributed by atoms with Crippen LogP contribution in [-0.2, 0) is 4.79 Å². The molecule has 0 saturated heterocycles. The normalized spacial score (nSPS) is 13.8. The molecule has 1 aliphatic rings. The summed E-state index contributed by atoms with van der Waals surface area (Å²) in [6, 6.07) is 8.57. The Hall–Kier alpha value is -1.37. The lowest BCUT2D eigenvalue weighted by molar-refractivity contribution is -0.107. The standard InChI is InChI=1S/C9H5O/c10-9-5-7-3-1-2-4-8(7)6-9/h1-3,5-6H. The molecule has 0 unspecified atom stereocenters. The SMILES string of the molecule is O=C1C=c2[c]cccc2=C1. The third-order valence-corrected chi connectivity index (χ3v) is 1.51. The zero-order valence-electron chi connectivity index (χ0n) is 5.29. The van der Waals surface area contributed by atoms with E-state index < -0.39 is 0 Å². The van der Waals surface area contributed by atoms with E-state index in [0.717, 1.165) is 10.4 Å². The molecule has 0 bridgehead atoms. The Kier molecular flexibility index (Phi) is 0.978. The van der Waals surface area contributed by atoms with Gasteiger partial charge >= 0.3 is 0 Å². The van der Waals surface area contributed by atoms with Crippen LogP contribution in [0.5, 0.6) is 0 Å². The van der Waals surface area contributed by atoms with Crippen LogP contribution in [0.2, 0.25) is 0 Å². The second-order valence-electron chi connectivity index (χ2n) is 2.23. The van der Waals surface area contributed by atoms with Crippen LogP contribution in [0.3, 0.4) is 0 Å². The molecule has 0 heterocycles. The maximum absolute atomic E-state index is 10.8. The Labute approximate surface area is 58.3 Å². The van der Waals surface area contributed by atoms with Gasteiger partial charge in [-0.3, -0.25) is 4.79 Å². The number of fused-ring (bicyclic) bond motifs is 1. The molecule has 1 radical (unpaired) electrons. The molecule has 0 aromatic heterocycles. The van der Waals surface area contributed by atoms with Gasteiger partial charge in [0.05, 0.1) is 0 Å². The van der Waals surface area contributed by atoms with Crippen LogP contribution in [-0.4, -0.2) is 5.78 Å². The largest absolute Gasteiger partial charge is 0.290 e. The van der Waals surface area contributed by atoms with Gasteiger partial charge in [-0.1, -0.05) is 18.2 Å². The van der Waals surface area contributed by atoms with Crippen LogP contribution in [0.1, 0.15) is 0 Å². The number of hydrogen-bond acceptors (Lipinski definition) is 1. The van der Waals surface area contributed by atoms with Crippen molar-refractivity contribution in [3.63, 3.8) is 0 Å². The second-order valence-corrected chi connectivity index (χ2v) is 2.23. The number of ketones is 1. The maximum Gasteiger partial charge on any atom is 0.179 e. The highest BCUT2D eigenvalue weighted by Gasteiger charge is 1.98. The predicted molar refractivity (Wildman–Crippen MR) is 38.5 cm³/mol. The Balaban J connectivity index is 2.96. The predicted octanol–water partition coefficient (Wildman–Crippen LogP) is -0.370. The van der Waals surface area contributed by atoms with Crippen LogP contribution in [0.15, 0.2) is 18.2 Å². The lowest BCUT2D eigenvalue weighted by Crippen LogP contribution is -2.19. The summed E-state index contributed by atoms with van der Waals surface area (Å²) in [5, 5.41) is 1.89. The third-order valence-electron chi connectivity index (χ3n) is 1.51. The fourth-order valence-electron chi connectivity index (χ4n) is 1.05. The molecule has 1 aliphatic carbocycles. The van der Waals surface area contributed by atoms with Crippen molar-refractivity contribution >= 4 is 17.9 Å². The Morgan fingerprint density at radius 2 is 2.20 bits per heavy atom. The van der Waals surface area contributed by atoms with Crippen molar-refractivity contribution in [1.29, 1.82) is 0 Å². The van der Waals surface area contributed by atoms with E-state index in [1.165, 1.54) is 0 Å². The molecule has 0 saturated carbocycles. The first-order valence-electron chi connectivity index (χ1n) is 3.10. The molecule has 1 heteroatoms. The lowest BCUT2D eigenvalue weighted by atomic mass is 10.3. The minimum atomic E-state index is 0.0671. The average molecular weight is 129 g/mol. The summed E-state index contributed by atoms with van der Waals surface area (Å²) in [5.41, 5.74) is 0. The monoisotopic (exact) mass is 129 g/mol. The number of benzene rings is 1. The molecule has 2 rings (SSSR count). The highest BCUT2D eigenvalue weighted by atomic mass is 16.1. The van der Waals surface area contributed by atoms with Crippen LogP contribution in [0, 0.1) is 6.07 Å². The van der Waals surface area contributed by atoms with Crippen LogP contribution >= 0.6 is 0 Å². The number of hydrogen-bond donors (Lipinski definition) is 0. The van der Waals surface area contributed by atoms with Gasteiger partial charge < -0.3 is 0 Å². The third kappa shape index (κ3) is 0.676. The fourth-order valence-corrected chi connectivity index (χ4v) is 1.05. The maximum atomic E-state index is 10.8. The van der Waals surface area contributed by atoms with Crippen LogP contribution in [0.4, 0.5) is 0 Å². The number of carbonyl (C=O) groups excluding carboxylic acids is 1. The Morgan fingerprint density at radius 1 is 1.30 bits per heavy atom. The molecule has 0 spiro atoms. The molecule has 0 atom stereocenters. The van der Waals surface area contributed by atoms with E-state index in [1.54, 1.807) is 12.2 Å².